The van der Waals surface area contributed by atoms with E-state index in [2.05, 4.69) is 44.3 Å². The molecule has 3 aromatic rings. The van der Waals surface area contributed by atoms with Gasteiger partial charge in [0.15, 0.2) is 11.6 Å². The van der Waals surface area contributed by atoms with Gasteiger partial charge in [-0.3, -0.25) is 5.32 Å². The van der Waals surface area contributed by atoms with Crippen LogP contribution in [0.1, 0.15) is 11.1 Å². The van der Waals surface area contributed by atoms with Crippen LogP contribution in [0.5, 0.6) is 0 Å². The van der Waals surface area contributed by atoms with E-state index in [4.69, 9.17) is 0 Å². The molecule has 25 heavy (non-hydrogen) atoms. The number of para-hydroxylation sites is 1. The average molecular weight is 333 g/mol. The largest absolute Gasteiger partial charge is 0.339 e. The minimum Gasteiger partial charge on any atom is -0.339 e. The fraction of sp³-hybridized carbons (Fsp3) is 0.105. The zero-order chi connectivity index (χ0) is 17.6. The van der Waals surface area contributed by atoms with Crippen molar-refractivity contribution in [2.24, 2.45) is 0 Å². The predicted octanol–water partition coefficient (Wildman–Crippen LogP) is 4.48. The van der Waals surface area contributed by atoms with Crippen molar-refractivity contribution in [1.82, 2.24) is 10.2 Å². The van der Waals surface area contributed by atoms with Crippen molar-refractivity contribution in [2.45, 2.75) is 13.8 Å². The topological polar surface area (TPSA) is 78.9 Å². The Morgan fingerprint density at radius 2 is 1.56 bits per heavy atom. The number of carbonyl (C=O) groups excluding carboxylic acids is 1. The normalized spacial score (nSPS) is 10.2. The number of anilines is 4. The number of aromatic nitrogens is 2. The van der Waals surface area contributed by atoms with Gasteiger partial charge in [-0.05, 0) is 55.3 Å². The van der Waals surface area contributed by atoms with Gasteiger partial charge >= 0.3 is 6.03 Å². The maximum absolute atomic E-state index is 11.9. The van der Waals surface area contributed by atoms with E-state index in [1.165, 1.54) is 0 Å². The van der Waals surface area contributed by atoms with E-state index >= 15 is 0 Å². The van der Waals surface area contributed by atoms with Crippen LogP contribution in [0.2, 0.25) is 0 Å². The monoisotopic (exact) mass is 333 g/mol. The smallest absolute Gasteiger partial charge is 0.324 e. The lowest BCUT2D eigenvalue weighted by molar-refractivity contribution is 0.262. The first-order valence-electron chi connectivity index (χ1n) is 7.91. The molecule has 0 atom stereocenters. The molecule has 0 fully saturated rings. The average Bonchev–Trinajstić information content (AvgIpc) is 2.61. The first-order chi connectivity index (χ1) is 12.1. The second-order valence-electron chi connectivity index (χ2n) is 5.69. The lowest BCUT2D eigenvalue weighted by atomic mass is 10.1. The lowest BCUT2D eigenvalue weighted by Crippen LogP contribution is -2.20. The summed E-state index contributed by atoms with van der Waals surface area (Å²) in [6.45, 7) is 4.06. The third-order valence-electron chi connectivity index (χ3n) is 3.59. The molecule has 0 aliphatic rings. The third kappa shape index (κ3) is 4.54. The molecule has 0 aliphatic carbocycles. The van der Waals surface area contributed by atoms with E-state index in [0.29, 0.717) is 17.3 Å². The second kappa shape index (κ2) is 7.44. The van der Waals surface area contributed by atoms with E-state index in [1.807, 2.05) is 44.2 Å². The molecule has 0 spiro atoms. The molecule has 126 valence electrons. The summed E-state index contributed by atoms with van der Waals surface area (Å²) in [5.41, 5.74) is 3.98. The zero-order valence-corrected chi connectivity index (χ0v) is 14.1. The maximum atomic E-state index is 11.9. The first-order valence-corrected chi connectivity index (χ1v) is 7.91. The number of carbonyl (C=O) groups is 1. The molecule has 6 nitrogen and oxygen atoms in total. The van der Waals surface area contributed by atoms with Crippen LogP contribution in [0.3, 0.4) is 0 Å². The Balaban J connectivity index is 1.62. The van der Waals surface area contributed by atoms with Gasteiger partial charge < -0.3 is 10.6 Å². The molecule has 0 saturated carbocycles. The third-order valence-corrected chi connectivity index (χ3v) is 3.59. The summed E-state index contributed by atoms with van der Waals surface area (Å²) in [6, 6.07) is 18.5. The number of aryl methyl sites for hydroxylation is 2. The van der Waals surface area contributed by atoms with E-state index in [-0.39, 0.29) is 6.03 Å². The van der Waals surface area contributed by atoms with Crippen LogP contribution < -0.4 is 16.0 Å². The molecular formula is C19H19N5O. The van der Waals surface area contributed by atoms with Gasteiger partial charge in [-0.15, -0.1) is 10.2 Å². The SMILES string of the molecule is Cc1ccc(C)c(Nc2ccc(NC(=O)Nc3ccccc3)nn2)c1. The lowest BCUT2D eigenvalue weighted by Gasteiger charge is -2.10. The van der Waals surface area contributed by atoms with Crippen LogP contribution in [0.4, 0.5) is 27.8 Å². The van der Waals surface area contributed by atoms with Gasteiger partial charge in [0, 0.05) is 11.4 Å². The van der Waals surface area contributed by atoms with Crippen molar-refractivity contribution >= 4 is 29.0 Å². The van der Waals surface area contributed by atoms with Crippen LogP contribution in [0.25, 0.3) is 0 Å². The number of urea groups is 1. The van der Waals surface area contributed by atoms with E-state index in [1.54, 1.807) is 12.1 Å². The van der Waals surface area contributed by atoms with Crippen molar-refractivity contribution in [3.8, 4) is 0 Å². The number of hydrogen-bond acceptors (Lipinski definition) is 4. The Hall–Kier alpha value is -3.41. The number of hydrogen-bond donors (Lipinski definition) is 3. The molecule has 1 heterocycles. The van der Waals surface area contributed by atoms with Crippen LogP contribution in [0, 0.1) is 13.8 Å². The van der Waals surface area contributed by atoms with Gasteiger partial charge in [-0.25, -0.2) is 4.79 Å². The van der Waals surface area contributed by atoms with Gasteiger partial charge in [0.1, 0.15) is 0 Å². The summed E-state index contributed by atoms with van der Waals surface area (Å²) in [5, 5.41) is 16.7. The molecule has 0 bridgehead atoms. The molecule has 3 rings (SSSR count). The molecule has 0 unspecified atom stereocenters. The van der Waals surface area contributed by atoms with Crippen molar-refractivity contribution in [3.63, 3.8) is 0 Å². The summed E-state index contributed by atoms with van der Waals surface area (Å²) in [4.78, 5) is 11.9. The van der Waals surface area contributed by atoms with E-state index in [9.17, 15) is 4.79 Å². The molecule has 2 aromatic carbocycles. The maximum Gasteiger partial charge on any atom is 0.324 e. The van der Waals surface area contributed by atoms with Gasteiger partial charge in [0.05, 0.1) is 0 Å². The molecular weight excluding hydrogens is 314 g/mol. The summed E-state index contributed by atoms with van der Waals surface area (Å²) >= 11 is 0. The minimum absolute atomic E-state index is 0.365. The summed E-state index contributed by atoms with van der Waals surface area (Å²) in [6.07, 6.45) is 0. The standard InChI is InChI=1S/C19H19N5O/c1-13-8-9-14(2)16(12-13)21-17-10-11-18(24-23-17)22-19(25)20-15-6-4-3-5-7-15/h3-12H,1-2H3,(H,21,23)(H2,20,22,24,25). The highest BCUT2D eigenvalue weighted by Crippen LogP contribution is 2.20. The van der Waals surface area contributed by atoms with Crippen LogP contribution in [-0.4, -0.2) is 16.2 Å². The van der Waals surface area contributed by atoms with Gasteiger partial charge in [-0.2, -0.15) is 0 Å². The Kier molecular flexibility index (Phi) is 4.89. The zero-order valence-electron chi connectivity index (χ0n) is 14.1. The molecule has 3 N–H and O–H groups in total. The molecule has 2 amide bonds. The van der Waals surface area contributed by atoms with Crippen molar-refractivity contribution in [1.29, 1.82) is 0 Å². The highest BCUT2D eigenvalue weighted by Gasteiger charge is 2.05. The van der Waals surface area contributed by atoms with Gasteiger partial charge in [-0.1, -0.05) is 30.3 Å². The van der Waals surface area contributed by atoms with Crippen molar-refractivity contribution in [3.05, 3.63) is 71.8 Å². The highest BCUT2D eigenvalue weighted by molar-refractivity contribution is 5.99. The van der Waals surface area contributed by atoms with Gasteiger partial charge in [0.25, 0.3) is 0 Å². The van der Waals surface area contributed by atoms with Crippen molar-refractivity contribution in [2.75, 3.05) is 16.0 Å². The van der Waals surface area contributed by atoms with E-state index in [0.717, 1.165) is 16.8 Å². The summed E-state index contributed by atoms with van der Waals surface area (Å²) in [7, 11) is 0. The highest BCUT2D eigenvalue weighted by atomic mass is 16.2. The fourth-order valence-electron chi connectivity index (χ4n) is 2.27. The number of nitrogens with zero attached hydrogens (tertiary/aromatic N) is 2. The summed E-state index contributed by atoms with van der Waals surface area (Å²) in [5.74, 6) is 0.989. The Morgan fingerprint density at radius 1 is 0.840 bits per heavy atom. The van der Waals surface area contributed by atoms with Crippen molar-refractivity contribution < 1.29 is 4.79 Å². The Morgan fingerprint density at radius 3 is 2.28 bits per heavy atom. The van der Waals surface area contributed by atoms with Crippen LogP contribution in [0.15, 0.2) is 60.7 Å². The molecule has 1 aromatic heterocycles. The Labute approximate surface area is 146 Å². The quantitative estimate of drug-likeness (QED) is 0.657. The first kappa shape index (κ1) is 16.4. The number of amides is 2. The minimum atomic E-state index is -0.365. The summed E-state index contributed by atoms with van der Waals surface area (Å²) < 4.78 is 0. The second-order valence-corrected chi connectivity index (χ2v) is 5.69. The molecule has 0 aliphatic heterocycles. The fourth-order valence-corrected chi connectivity index (χ4v) is 2.27. The molecule has 6 heteroatoms. The van der Waals surface area contributed by atoms with Crippen LogP contribution in [-0.2, 0) is 0 Å². The molecule has 0 radical (unpaired) electrons. The molecule has 0 saturated heterocycles. The number of benzene rings is 2. The predicted molar refractivity (Wildman–Crippen MR) is 100 cm³/mol. The number of rotatable bonds is 4. The van der Waals surface area contributed by atoms with Crippen LogP contribution >= 0.6 is 0 Å². The van der Waals surface area contributed by atoms with Gasteiger partial charge in [0.2, 0.25) is 0 Å². The van der Waals surface area contributed by atoms with E-state index < -0.39 is 0 Å². The number of nitrogens with one attached hydrogen (secondary N) is 3. The Bertz CT molecular complexity index is 863.